The molecule has 2 aromatic rings. The van der Waals surface area contributed by atoms with Crippen LogP contribution in [-0.4, -0.2) is 57.9 Å². The van der Waals surface area contributed by atoms with Gasteiger partial charge in [0.15, 0.2) is 0 Å². The molecule has 0 radical (unpaired) electrons. The summed E-state index contributed by atoms with van der Waals surface area (Å²) in [6.07, 6.45) is 2.45. The third kappa shape index (κ3) is 4.62. The second-order valence-corrected chi connectivity index (χ2v) is 8.06. The number of amides is 3. The fourth-order valence-electron chi connectivity index (χ4n) is 4.22. The molecule has 1 aromatic heterocycles. The molecule has 1 N–H and O–H groups in total. The van der Waals surface area contributed by atoms with Crippen LogP contribution in [0.3, 0.4) is 0 Å². The molecular weight excluding hydrogens is 411 g/mol. The molecule has 0 unspecified atom stereocenters. The van der Waals surface area contributed by atoms with Gasteiger partial charge in [0.05, 0.1) is 11.8 Å². The number of benzene rings is 1. The van der Waals surface area contributed by atoms with Crippen LogP contribution in [0.2, 0.25) is 0 Å². The summed E-state index contributed by atoms with van der Waals surface area (Å²) in [7, 11) is 0. The van der Waals surface area contributed by atoms with Crippen LogP contribution in [0.25, 0.3) is 0 Å². The smallest absolute Gasteiger partial charge is 0.337 e. The summed E-state index contributed by atoms with van der Waals surface area (Å²) in [6.45, 7) is 2.31. The number of carbonyl (C=O) groups is 2. The Morgan fingerprint density at radius 1 is 0.968 bits per heavy atom. The molecule has 2 saturated heterocycles. The van der Waals surface area contributed by atoms with Gasteiger partial charge in [0.1, 0.15) is 5.69 Å². The number of hydrogen-bond acceptors (Lipinski definition) is 4. The summed E-state index contributed by atoms with van der Waals surface area (Å²) in [5.74, 6) is -0.141. The van der Waals surface area contributed by atoms with Gasteiger partial charge in [-0.15, -0.1) is 0 Å². The number of anilines is 1. The summed E-state index contributed by atoms with van der Waals surface area (Å²) in [4.78, 5) is 36.6. The highest BCUT2D eigenvalue weighted by molar-refractivity contribution is 5.92. The van der Waals surface area contributed by atoms with Gasteiger partial charge in [-0.2, -0.15) is 13.2 Å². The maximum absolute atomic E-state index is 12.7. The summed E-state index contributed by atoms with van der Waals surface area (Å²) in [6, 6.07) is 4.08. The molecular formula is C21H22F3N5O2. The van der Waals surface area contributed by atoms with Crippen molar-refractivity contribution in [3.8, 4) is 0 Å². The Morgan fingerprint density at radius 3 is 2.19 bits per heavy atom. The average molecular weight is 433 g/mol. The number of carbonyl (C=O) groups excluding carboxylic acids is 2. The van der Waals surface area contributed by atoms with Crippen molar-refractivity contribution < 1.29 is 22.8 Å². The SMILES string of the molecule is O=C(Nc1ccc(C(F)(F)F)cc1)N1CCC2(CCN(C(=O)c3cnccn3)CC2)C1. The number of halogens is 3. The largest absolute Gasteiger partial charge is 0.416 e. The maximum atomic E-state index is 12.7. The van der Waals surface area contributed by atoms with E-state index in [9.17, 15) is 22.8 Å². The molecule has 0 bridgehead atoms. The van der Waals surface area contributed by atoms with Crippen molar-refractivity contribution >= 4 is 17.6 Å². The van der Waals surface area contributed by atoms with Crippen molar-refractivity contribution in [2.45, 2.75) is 25.4 Å². The van der Waals surface area contributed by atoms with Gasteiger partial charge in [-0.1, -0.05) is 0 Å². The van der Waals surface area contributed by atoms with Crippen LogP contribution in [0.1, 0.15) is 35.3 Å². The zero-order chi connectivity index (χ0) is 22.1. The Balaban J connectivity index is 1.31. The minimum atomic E-state index is -4.41. The minimum absolute atomic E-state index is 0.0450. The van der Waals surface area contributed by atoms with Crippen molar-refractivity contribution in [3.05, 3.63) is 54.1 Å². The monoisotopic (exact) mass is 433 g/mol. The quantitative estimate of drug-likeness (QED) is 0.784. The lowest BCUT2D eigenvalue weighted by molar-refractivity contribution is -0.137. The van der Waals surface area contributed by atoms with Gasteiger partial charge in [-0.05, 0) is 48.9 Å². The molecule has 2 aliphatic rings. The van der Waals surface area contributed by atoms with Gasteiger partial charge in [-0.25, -0.2) is 9.78 Å². The zero-order valence-electron chi connectivity index (χ0n) is 16.7. The highest BCUT2D eigenvalue weighted by Crippen LogP contribution is 2.40. The first-order chi connectivity index (χ1) is 14.8. The number of nitrogens with zero attached hydrogens (tertiary/aromatic N) is 4. The Morgan fingerprint density at radius 2 is 1.61 bits per heavy atom. The van der Waals surface area contributed by atoms with E-state index in [-0.39, 0.29) is 17.4 Å². The summed E-state index contributed by atoms with van der Waals surface area (Å²) >= 11 is 0. The number of rotatable bonds is 2. The van der Waals surface area contributed by atoms with E-state index < -0.39 is 11.7 Å². The third-order valence-corrected chi connectivity index (χ3v) is 6.08. The molecule has 1 aromatic carbocycles. The molecule has 7 nitrogen and oxygen atoms in total. The molecule has 10 heteroatoms. The number of urea groups is 1. The van der Waals surface area contributed by atoms with E-state index >= 15 is 0 Å². The van der Waals surface area contributed by atoms with Crippen molar-refractivity contribution in [1.29, 1.82) is 0 Å². The number of alkyl halides is 3. The van der Waals surface area contributed by atoms with Crippen LogP contribution >= 0.6 is 0 Å². The third-order valence-electron chi connectivity index (χ3n) is 6.08. The van der Waals surface area contributed by atoms with Gasteiger partial charge in [0.2, 0.25) is 0 Å². The molecule has 3 amide bonds. The van der Waals surface area contributed by atoms with Crippen molar-refractivity contribution in [1.82, 2.24) is 19.8 Å². The number of piperidine rings is 1. The first kappa shape index (κ1) is 21.1. The van der Waals surface area contributed by atoms with E-state index in [1.165, 1.54) is 30.7 Å². The van der Waals surface area contributed by atoms with E-state index in [1.54, 1.807) is 9.80 Å². The Bertz CT molecular complexity index is 942. The lowest BCUT2D eigenvalue weighted by atomic mass is 9.77. The minimum Gasteiger partial charge on any atom is -0.337 e. The van der Waals surface area contributed by atoms with Crippen LogP contribution in [-0.2, 0) is 6.18 Å². The highest BCUT2D eigenvalue weighted by Gasteiger charge is 2.43. The van der Waals surface area contributed by atoms with Gasteiger partial charge < -0.3 is 15.1 Å². The molecule has 2 fully saturated rings. The predicted molar refractivity (Wildman–Crippen MR) is 106 cm³/mol. The summed E-state index contributed by atoms with van der Waals surface area (Å²) < 4.78 is 38.0. The number of aromatic nitrogens is 2. The molecule has 2 aliphatic heterocycles. The highest BCUT2D eigenvalue weighted by atomic mass is 19.4. The Hall–Kier alpha value is -3.17. The number of hydrogen-bond donors (Lipinski definition) is 1. The maximum Gasteiger partial charge on any atom is 0.416 e. The van der Waals surface area contributed by atoms with Crippen LogP contribution < -0.4 is 5.32 Å². The van der Waals surface area contributed by atoms with Crippen LogP contribution in [0.15, 0.2) is 42.9 Å². The summed E-state index contributed by atoms with van der Waals surface area (Å²) in [5.41, 5.74) is -0.157. The standard InChI is InChI=1S/C21H22F3N5O2/c22-21(23,24)15-1-3-16(4-2-15)27-19(31)29-12-7-20(14-29)5-10-28(11-6-20)18(30)17-13-25-8-9-26-17/h1-4,8-9,13H,5-7,10-12,14H2,(H,27,31). The van der Waals surface area contributed by atoms with Crippen molar-refractivity contribution in [3.63, 3.8) is 0 Å². The van der Waals surface area contributed by atoms with Gasteiger partial charge in [0.25, 0.3) is 5.91 Å². The summed E-state index contributed by atoms with van der Waals surface area (Å²) in [5, 5.41) is 2.67. The van der Waals surface area contributed by atoms with Crippen LogP contribution in [0.4, 0.5) is 23.7 Å². The lowest BCUT2D eigenvalue weighted by Gasteiger charge is -2.39. The van der Waals surface area contributed by atoms with Gasteiger partial charge >= 0.3 is 12.2 Å². The molecule has 0 aliphatic carbocycles. The molecule has 0 atom stereocenters. The number of nitrogens with one attached hydrogen (secondary N) is 1. The van der Waals surface area contributed by atoms with E-state index in [4.69, 9.17) is 0 Å². The first-order valence-electron chi connectivity index (χ1n) is 10.0. The van der Waals surface area contributed by atoms with Crippen LogP contribution in [0, 0.1) is 5.41 Å². The second-order valence-electron chi connectivity index (χ2n) is 8.06. The lowest BCUT2D eigenvalue weighted by Crippen LogP contribution is -2.45. The van der Waals surface area contributed by atoms with Gasteiger partial charge in [0, 0.05) is 44.3 Å². The van der Waals surface area contributed by atoms with E-state index in [0.717, 1.165) is 31.4 Å². The number of likely N-dealkylation sites (tertiary alicyclic amines) is 2. The van der Waals surface area contributed by atoms with Crippen molar-refractivity contribution in [2.24, 2.45) is 5.41 Å². The Labute approximate surface area is 177 Å². The fourth-order valence-corrected chi connectivity index (χ4v) is 4.22. The predicted octanol–water partition coefficient (Wildman–Crippen LogP) is 3.66. The van der Waals surface area contributed by atoms with Crippen molar-refractivity contribution in [2.75, 3.05) is 31.5 Å². The molecule has 1 spiro atoms. The molecule has 4 rings (SSSR count). The molecule has 0 saturated carbocycles. The van der Waals surface area contributed by atoms with Gasteiger partial charge in [-0.3, -0.25) is 9.78 Å². The van der Waals surface area contributed by atoms with E-state index in [1.807, 2.05) is 0 Å². The molecule has 164 valence electrons. The molecule has 3 heterocycles. The first-order valence-corrected chi connectivity index (χ1v) is 10.0. The van der Waals surface area contributed by atoms with E-state index in [2.05, 4.69) is 15.3 Å². The second kappa shape index (κ2) is 8.16. The normalized spacial score (nSPS) is 18.3. The molecule has 31 heavy (non-hydrogen) atoms. The average Bonchev–Trinajstić information content (AvgIpc) is 3.18. The Kier molecular flexibility index (Phi) is 5.55. The van der Waals surface area contributed by atoms with Crippen LogP contribution in [0.5, 0.6) is 0 Å². The zero-order valence-corrected chi connectivity index (χ0v) is 16.7. The topological polar surface area (TPSA) is 78.4 Å². The fraction of sp³-hybridized carbons (Fsp3) is 0.429. The van der Waals surface area contributed by atoms with E-state index in [0.29, 0.717) is 37.6 Å².